The quantitative estimate of drug-likeness (QED) is 0.497. The van der Waals surface area contributed by atoms with E-state index in [9.17, 15) is 0 Å². The van der Waals surface area contributed by atoms with E-state index >= 15 is 0 Å². The lowest BCUT2D eigenvalue weighted by molar-refractivity contribution is 0.121. The van der Waals surface area contributed by atoms with E-state index in [-0.39, 0.29) is 0 Å². The molecule has 1 aliphatic heterocycles. The van der Waals surface area contributed by atoms with Gasteiger partial charge in [0.15, 0.2) is 0 Å². The summed E-state index contributed by atoms with van der Waals surface area (Å²) in [5, 5.41) is 4.96. The lowest BCUT2D eigenvalue weighted by Crippen LogP contribution is -2.38. The van der Waals surface area contributed by atoms with Gasteiger partial charge in [-0.2, -0.15) is 0 Å². The topological polar surface area (TPSA) is 38.5 Å². The van der Waals surface area contributed by atoms with Crippen LogP contribution in [0.15, 0.2) is 54.6 Å². The zero-order valence-corrected chi connectivity index (χ0v) is 19.2. The summed E-state index contributed by atoms with van der Waals surface area (Å²) in [6.45, 7) is 6.85. The zero-order valence-electron chi connectivity index (χ0n) is 18.4. The number of rotatable bonds is 8. The van der Waals surface area contributed by atoms with Crippen LogP contribution in [0.3, 0.4) is 0 Å². The van der Waals surface area contributed by atoms with Crippen LogP contribution in [0.25, 0.3) is 5.69 Å². The third-order valence-electron chi connectivity index (χ3n) is 5.70. The SMILES string of the molecule is Cc1ccccc1-n1c(N2CCOCC2)nn(CN(C)CCCc2ccccc2)c1=S. The fraction of sp³-hybridized carbons (Fsp3) is 0.417. The number of aryl methyl sites for hydroxylation is 2. The van der Waals surface area contributed by atoms with Gasteiger partial charge >= 0.3 is 0 Å². The lowest BCUT2D eigenvalue weighted by Gasteiger charge is -2.27. The molecule has 0 bridgehead atoms. The van der Waals surface area contributed by atoms with Crippen molar-refractivity contribution in [1.82, 2.24) is 19.2 Å². The summed E-state index contributed by atoms with van der Waals surface area (Å²) >= 11 is 5.91. The Bertz CT molecular complexity index is 1040. The predicted octanol–water partition coefficient (Wildman–Crippen LogP) is 4.07. The molecule has 1 aliphatic rings. The van der Waals surface area contributed by atoms with E-state index in [0.29, 0.717) is 19.9 Å². The molecular formula is C24H31N5OS. The van der Waals surface area contributed by atoms with E-state index in [2.05, 4.69) is 82.9 Å². The average molecular weight is 438 g/mol. The highest BCUT2D eigenvalue weighted by Crippen LogP contribution is 2.23. The van der Waals surface area contributed by atoms with Crippen LogP contribution in [-0.4, -0.2) is 59.1 Å². The highest BCUT2D eigenvalue weighted by atomic mass is 32.1. The molecule has 2 heterocycles. The van der Waals surface area contributed by atoms with Gasteiger partial charge in [-0.1, -0.05) is 48.5 Å². The molecule has 0 spiro atoms. The molecule has 31 heavy (non-hydrogen) atoms. The number of hydrogen-bond donors (Lipinski definition) is 0. The molecule has 0 radical (unpaired) electrons. The first-order chi connectivity index (χ1) is 15.1. The molecule has 1 aromatic heterocycles. The maximum Gasteiger partial charge on any atom is 0.230 e. The van der Waals surface area contributed by atoms with Gasteiger partial charge in [0.2, 0.25) is 10.7 Å². The standard InChI is InChI=1S/C24H31N5OS/c1-20-9-6-7-13-22(20)29-23(27-15-17-30-18-16-27)25-28(24(29)31)19-26(2)14-8-12-21-10-4-3-5-11-21/h3-7,9-11,13H,8,12,14-19H2,1-2H3. The number of anilines is 1. The maximum absolute atomic E-state index is 5.91. The van der Waals surface area contributed by atoms with Crippen LogP contribution in [0.2, 0.25) is 0 Å². The molecule has 0 unspecified atom stereocenters. The molecule has 0 saturated carbocycles. The third kappa shape index (κ3) is 5.23. The van der Waals surface area contributed by atoms with Crippen molar-refractivity contribution < 1.29 is 4.74 Å². The summed E-state index contributed by atoms with van der Waals surface area (Å²) in [6, 6.07) is 19.0. The Morgan fingerprint density at radius 1 is 1.03 bits per heavy atom. The minimum atomic E-state index is 0.670. The fourth-order valence-electron chi connectivity index (χ4n) is 3.98. The van der Waals surface area contributed by atoms with Crippen LogP contribution in [0, 0.1) is 11.7 Å². The normalized spacial score (nSPS) is 14.4. The largest absolute Gasteiger partial charge is 0.378 e. The molecule has 2 aromatic carbocycles. The number of ether oxygens (including phenoxy) is 1. The van der Waals surface area contributed by atoms with E-state index in [4.69, 9.17) is 22.1 Å². The second-order valence-corrected chi connectivity index (χ2v) is 8.48. The van der Waals surface area contributed by atoms with Crippen LogP contribution in [-0.2, 0) is 17.8 Å². The molecule has 0 N–H and O–H groups in total. The van der Waals surface area contributed by atoms with Crippen molar-refractivity contribution in [2.24, 2.45) is 0 Å². The number of para-hydroxylation sites is 1. The van der Waals surface area contributed by atoms with Gasteiger partial charge in [-0.05, 0) is 62.8 Å². The van der Waals surface area contributed by atoms with E-state index in [1.165, 1.54) is 11.1 Å². The second kappa shape index (κ2) is 10.2. The number of morpholine rings is 1. The van der Waals surface area contributed by atoms with Gasteiger partial charge in [-0.15, -0.1) is 5.10 Å². The van der Waals surface area contributed by atoms with Crippen molar-refractivity contribution in [3.8, 4) is 5.69 Å². The summed E-state index contributed by atoms with van der Waals surface area (Å²) in [5.41, 5.74) is 3.65. The van der Waals surface area contributed by atoms with Gasteiger partial charge in [0.25, 0.3) is 0 Å². The molecule has 1 saturated heterocycles. The molecule has 0 atom stereocenters. The minimum Gasteiger partial charge on any atom is -0.378 e. The first kappa shape index (κ1) is 21.7. The molecule has 0 aliphatic carbocycles. The summed E-state index contributed by atoms with van der Waals surface area (Å²) < 4.78 is 10.4. The summed E-state index contributed by atoms with van der Waals surface area (Å²) in [5.74, 6) is 0.903. The second-order valence-electron chi connectivity index (χ2n) is 8.11. The minimum absolute atomic E-state index is 0.670. The number of aromatic nitrogens is 3. The number of benzene rings is 2. The van der Waals surface area contributed by atoms with Crippen molar-refractivity contribution in [2.45, 2.75) is 26.4 Å². The highest BCUT2D eigenvalue weighted by Gasteiger charge is 2.22. The van der Waals surface area contributed by atoms with Crippen molar-refractivity contribution in [1.29, 1.82) is 0 Å². The molecular weight excluding hydrogens is 406 g/mol. The van der Waals surface area contributed by atoms with Gasteiger partial charge in [0.05, 0.1) is 25.6 Å². The summed E-state index contributed by atoms with van der Waals surface area (Å²) in [7, 11) is 2.13. The number of hydrogen-bond acceptors (Lipinski definition) is 5. The van der Waals surface area contributed by atoms with Crippen LogP contribution in [0.5, 0.6) is 0 Å². The lowest BCUT2D eigenvalue weighted by atomic mass is 10.1. The molecule has 4 rings (SSSR count). The third-order valence-corrected chi connectivity index (χ3v) is 6.09. The first-order valence-electron chi connectivity index (χ1n) is 10.9. The van der Waals surface area contributed by atoms with Crippen LogP contribution in [0.4, 0.5) is 5.95 Å². The summed E-state index contributed by atoms with van der Waals surface area (Å²) in [4.78, 5) is 4.56. The zero-order chi connectivity index (χ0) is 21.6. The molecule has 0 amide bonds. The van der Waals surface area contributed by atoms with E-state index in [0.717, 1.165) is 48.9 Å². The highest BCUT2D eigenvalue weighted by molar-refractivity contribution is 7.71. The van der Waals surface area contributed by atoms with Crippen LogP contribution < -0.4 is 4.90 Å². The van der Waals surface area contributed by atoms with Gasteiger partial charge in [-0.3, -0.25) is 9.47 Å². The van der Waals surface area contributed by atoms with Crippen molar-refractivity contribution >= 4 is 18.2 Å². The Hall–Kier alpha value is -2.48. The Kier molecular flexibility index (Phi) is 7.17. The van der Waals surface area contributed by atoms with E-state index in [1.807, 2.05) is 4.68 Å². The monoisotopic (exact) mass is 437 g/mol. The van der Waals surface area contributed by atoms with Crippen LogP contribution >= 0.6 is 12.2 Å². The Morgan fingerprint density at radius 3 is 2.48 bits per heavy atom. The van der Waals surface area contributed by atoms with Crippen molar-refractivity contribution in [3.05, 3.63) is 70.5 Å². The first-order valence-corrected chi connectivity index (χ1v) is 11.4. The molecule has 1 fully saturated rings. The van der Waals surface area contributed by atoms with Crippen molar-refractivity contribution in [2.75, 3.05) is 44.8 Å². The van der Waals surface area contributed by atoms with Crippen molar-refractivity contribution in [3.63, 3.8) is 0 Å². The molecule has 6 nitrogen and oxygen atoms in total. The van der Waals surface area contributed by atoms with Gasteiger partial charge < -0.3 is 9.64 Å². The molecule has 7 heteroatoms. The average Bonchev–Trinajstić information content (AvgIpc) is 3.11. The maximum atomic E-state index is 5.91. The van der Waals surface area contributed by atoms with Crippen LogP contribution in [0.1, 0.15) is 17.5 Å². The van der Waals surface area contributed by atoms with E-state index < -0.39 is 0 Å². The van der Waals surface area contributed by atoms with Gasteiger partial charge in [0.1, 0.15) is 0 Å². The Labute approximate surface area is 189 Å². The molecule has 3 aromatic rings. The van der Waals surface area contributed by atoms with E-state index in [1.54, 1.807) is 0 Å². The number of nitrogens with zero attached hydrogens (tertiary/aromatic N) is 5. The smallest absolute Gasteiger partial charge is 0.230 e. The fourth-order valence-corrected chi connectivity index (χ4v) is 4.26. The van der Waals surface area contributed by atoms with Gasteiger partial charge in [0, 0.05) is 13.1 Å². The Balaban J connectivity index is 1.53. The molecule has 164 valence electrons. The Morgan fingerprint density at radius 2 is 1.74 bits per heavy atom. The summed E-state index contributed by atoms with van der Waals surface area (Å²) in [6.07, 6.45) is 2.18. The predicted molar refractivity (Wildman–Crippen MR) is 128 cm³/mol. The van der Waals surface area contributed by atoms with Gasteiger partial charge in [-0.25, -0.2) is 4.68 Å².